The summed E-state index contributed by atoms with van der Waals surface area (Å²) in [4.78, 5) is 11.7. The number of benzene rings is 1. The normalized spacial score (nSPS) is 15.3. The van der Waals surface area contributed by atoms with Gasteiger partial charge in [-0.3, -0.25) is 0 Å². The highest BCUT2D eigenvalue weighted by atomic mass is 32.2. The molecule has 1 aromatic carbocycles. The molecule has 126 valence electrons. The maximum atomic E-state index is 11.5. The highest BCUT2D eigenvalue weighted by Gasteiger charge is 2.14. The fourth-order valence-corrected chi connectivity index (χ4v) is 3.38. The minimum atomic E-state index is -3.16. The lowest BCUT2D eigenvalue weighted by Crippen LogP contribution is -2.19. The van der Waals surface area contributed by atoms with Gasteiger partial charge in [-0.15, -0.1) is 0 Å². The van der Waals surface area contributed by atoms with Crippen LogP contribution in [0.2, 0.25) is 0 Å². The van der Waals surface area contributed by atoms with Crippen LogP contribution in [0.3, 0.4) is 0 Å². The Morgan fingerprint density at radius 1 is 1.04 bits per heavy atom. The minimum absolute atomic E-state index is 0.322. The molecule has 0 spiro atoms. The van der Waals surface area contributed by atoms with Gasteiger partial charge in [-0.25, -0.2) is 18.4 Å². The van der Waals surface area contributed by atoms with E-state index in [-0.39, 0.29) is 0 Å². The van der Waals surface area contributed by atoms with Crippen LogP contribution in [0.25, 0.3) is 12.2 Å². The lowest BCUT2D eigenvalue weighted by molar-refractivity contribution is 0.602. The maximum absolute atomic E-state index is 11.5. The van der Waals surface area contributed by atoms with Gasteiger partial charge in [-0.1, -0.05) is 18.2 Å². The van der Waals surface area contributed by atoms with Crippen molar-refractivity contribution in [3.63, 3.8) is 0 Å². The highest BCUT2D eigenvalue weighted by Crippen LogP contribution is 2.19. The van der Waals surface area contributed by atoms with Crippen LogP contribution >= 0.6 is 0 Å². The predicted octanol–water partition coefficient (Wildman–Crippen LogP) is 2.96. The lowest BCUT2D eigenvalue weighted by atomic mass is 10.2. The van der Waals surface area contributed by atoms with Gasteiger partial charge in [0.1, 0.15) is 5.82 Å². The zero-order valence-corrected chi connectivity index (χ0v) is 14.8. The van der Waals surface area contributed by atoms with Gasteiger partial charge in [0.25, 0.3) is 0 Å². The van der Waals surface area contributed by atoms with Crippen molar-refractivity contribution in [3.8, 4) is 0 Å². The number of hydrogen-bond donors (Lipinski definition) is 0. The van der Waals surface area contributed by atoms with Gasteiger partial charge in [0.2, 0.25) is 0 Å². The van der Waals surface area contributed by atoms with Crippen molar-refractivity contribution >= 4 is 27.8 Å². The van der Waals surface area contributed by atoms with Gasteiger partial charge in [0.05, 0.1) is 4.90 Å². The quantitative estimate of drug-likeness (QED) is 0.854. The number of aryl methyl sites for hydroxylation is 1. The summed E-state index contributed by atoms with van der Waals surface area (Å²) in [5, 5.41) is 0. The summed E-state index contributed by atoms with van der Waals surface area (Å²) >= 11 is 0. The second-order valence-corrected chi connectivity index (χ2v) is 8.11. The number of nitrogens with zero attached hydrogens (tertiary/aromatic N) is 3. The molecule has 6 heteroatoms. The van der Waals surface area contributed by atoms with E-state index in [4.69, 9.17) is 0 Å². The number of aromatic nitrogens is 2. The Kier molecular flexibility index (Phi) is 4.66. The van der Waals surface area contributed by atoms with E-state index >= 15 is 0 Å². The Balaban J connectivity index is 1.81. The second kappa shape index (κ2) is 6.73. The molecule has 2 heterocycles. The first-order valence-electron chi connectivity index (χ1n) is 8.01. The summed E-state index contributed by atoms with van der Waals surface area (Å²) in [6.45, 7) is 4.07. The molecular weight excluding hydrogens is 322 g/mol. The molecule has 1 aliphatic rings. The molecule has 0 saturated carbocycles. The number of anilines is 1. The van der Waals surface area contributed by atoms with Gasteiger partial charge >= 0.3 is 0 Å². The van der Waals surface area contributed by atoms with E-state index in [1.165, 1.54) is 19.1 Å². The third-order valence-electron chi connectivity index (χ3n) is 4.02. The van der Waals surface area contributed by atoms with E-state index in [2.05, 4.69) is 14.9 Å². The van der Waals surface area contributed by atoms with E-state index in [1.807, 2.05) is 25.1 Å². The van der Waals surface area contributed by atoms with Gasteiger partial charge in [0, 0.05) is 31.1 Å². The minimum Gasteiger partial charge on any atom is -0.356 e. The van der Waals surface area contributed by atoms with Crippen LogP contribution in [0, 0.1) is 6.92 Å². The standard InChI is InChI=1S/C18H21N3O2S/c1-14-13-18(21-11-3-4-12-21)20-17(19-14)10-7-15-5-8-16(9-6-15)24(2,22)23/h5-10,13H,3-4,11-12H2,1-2H3/b10-7+. The van der Waals surface area contributed by atoms with Crippen molar-refractivity contribution in [3.05, 3.63) is 47.4 Å². The molecule has 2 aromatic rings. The van der Waals surface area contributed by atoms with E-state index in [9.17, 15) is 8.42 Å². The van der Waals surface area contributed by atoms with E-state index in [0.717, 1.165) is 30.2 Å². The molecule has 1 fully saturated rings. The van der Waals surface area contributed by atoms with Gasteiger partial charge in [-0.2, -0.15) is 0 Å². The van der Waals surface area contributed by atoms with Crippen LogP contribution in [-0.2, 0) is 9.84 Å². The van der Waals surface area contributed by atoms with Crippen LogP contribution in [0.15, 0.2) is 35.2 Å². The summed E-state index contributed by atoms with van der Waals surface area (Å²) in [5.74, 6) is 1.65. The monoisotopic (exact) mass is 343 g/mol. The SMILES string of the molecule is Cc1cc(N2CCCC2)nc(/C=C/c2ccc(S(C)(=O)=O)cc2)n1. The van der Waals surface area contributed by atoms with E-state index < -0.39 is 9.84 Å². The third kappa shape index (κ3) is 4.00. The van der Waals surface area contributed by atoms with Crippen LogP contribution in [0.4, 0.5) is 5.82 Å². The Morgan fingerprint density at radius 2 is 1.71 bits per heavy atom. The fourth-order valence-electron chi connectivity index (χ4n) is 2.75. The molecule has 0 unspecified atom stereocenters. The summed E-state index contributed by atoms with van der Waals surface area (Å²) in [6.07, 6.45) is 7.39. The highest BCUT2D eigenvalue weighted by molar-refractivity contribution is 7.90. The predicted molar refractivity (Wildman–Crippen MR) is 96.7 cm³/mol. The van der Waals surface area contributed by atoms with Crippen LogP contribution in [0.1, 0.15) is 29.9 Å². The van der Waals surface area contributed by atoms with E-state index in [1.54, 1.807) is 24.3 Å². The fraction of sp³-hybridized carbons (Fsp3) is 0.333. The Labute approximate surface area is 143 Å². The van der Waals surface area contributed by atoms with Crippen molar-refractivity contribution in [1.29, 1.82) is 0 Å². The Morgan fingerprint density at radius 3 is 2.33 bits per heavy atom. The molecule has 24 heavy (non-hydrogen) atoms. The summed E-state index contributed by atoms with van der Waals surface area (Å²) in [6, 6.07) is 8.81. The molecule has 0 N–H and O–H groups in total. The molecule has 0 bridgehead atoms. The maximum Gasteiger partial charge on any atom is 0.175 e. The molecule has 0 atom stereocenters. The van der Waals surface area contributed by atoms with Crippen molar-refractivity contribution in [2.75, 3.05) is 24.2 Å². The molecule has 1 saturated heterocycles. The largest absolute Gasteiger partial charge is 0.356 e. The van der Waals surface area contributed by atoms with Crippen molar-refractivity contribution in [2.45, 2.75) is 24.7 Å². The first kappa shape index (κ1) is 16.6. The third-order valence-corrected chi connectivity index (χ3v) is 5.15. The smallest absolute Gasteiger partial charge is 0.175 e. The van der Waals surface area contributed by atoms with Crippen LogP contribution in [-0.4, -0.2) is 37.7 Å². The molecule has 0 amide bonds. The number of sulfone groups is 1. The zero-order valence-electron chi connectivity index (χ0n) is 13.9. The summed E-state index contributed by atoms with van der Waals surface area (Å²) in [5.41, 5.74) is 1.86. The summed E-state index contributed by atoms with van der Waals surface area (Å²) in [7, 11) is -3.16. The molecular formula is C18H21N3O2S. The van der Waals surface area contributed by atoms with Crippen molar-refractivity contribution < 1.29 is 8.42 Å². The molecule has 1 aromatic heterocycles. The number of hydrogen-bond acceptors (Lipinski definition) is 5. The number of rotatable bonds is 4. The molecule has 0 radical (unpaired) electrons. The van der Waals surface area contributed by atoms with Crippen molar-refractivity contribution in [2.24, 2.45) is 0 Å². The van der Waals surface area contributed by atoms with Gasteiger partial charge < -0.3 is 4.90 Å². The molecule has 3 rings (SSSR count). The Hall–Kier alpha value is -2.21. The average molecular weight is 343 g/mol. The average Bonchev–Trinajstić information content (AvgIpc) is 3.06. The molecule has 0 aliphatic carbocycles. The molecule has 5 nitrogen and oxygen atoms in total. The van der Waals surface area contributed by atoms with Gasteiger partial charge in [0.15, 0.2) is 15.7 Å². The first-order valence-corrected chi connectivity index (χ1v) is 9.90. The first-order chi connectivity index (χ1) is 11.4. The van der Waals surface area contributed by atoms with Gasteiger partial charge in [-0.05, 0) is 43.5 Å². The summed E-state index contributed by atoms with van der Waals surface area (Å²) < 4.78 is 23.0. The topological polar surface area (TPSA) is 63.2 Å². The lowest BCUT2D eigenvalue weighted by Gasteiger charge is -2.16. The van der Waals surface area contributed by atoms with E-state index in [0.29, 0.717) is 10.7 Å². The van der Waals surface area contributed by atoms with Crippen molar-refractivity contribution in [1.82, 2.24) is 9.97 Å². The molecule has 1 aliphatic heterocycles. The zero-order chi connectivity index (χ0) is 17.2. The van der Waals surface area contributed by atoms with Crippen LogP contribution in [0.5, 0.6) is 0 Å². The Bertz CT molecular complexity index is 852. The second-order valence-electron chi connectivity index (χ2n) is 6.09. The van der Waals surface area contributed by atoms with Crippen LogP contribution < -0.4 is 4.90 Å².